The highest BCUT2D eigenvalue weighted by Gasteiger charge is 2.19. The van der Waals surface area contributed by atoms with Crippen molar-refractivity contribution >= 4 is 29.2 Å². The van der Waals surface area contributed by atoms with Gasteiger partial charge in [-0.3, -0.25) is 9.59 Å². The molecular formula is C14H16N2O4. The first-order valence-electron chi connectivity index (χ1n) is 6.41. The van der Waals surface area contributed by atoms with E-state index < -0.39 is 11.9 Å². The third kappa shape index (κ3) is 3.14. The summed E-state index contributed by atoms with van der Waals surface area (Å²) in [4.78, 5) is 35.8. The number of piperidine rings is 1. The van der Waals surface area contributed by atoms with Gasteiger partial charge in [0.2, 0.25) is 5.91 Å². The number of ether oxygens (including phenoxy) is 1. The maximum atomic E-state index is 11.8. The number of carbonyl (C=O) groups is 3. The smallest absolute Gasteiger partial charge is 0.396 e. The van der Waals surface area contributed by atoms with Crippen LogP contribution in [-0.4, -0.2) is 31.4 Å². The molecule has 1 N–H and O–H groups in total. The second kappa shape index (κ2) is 6.18. The van der Waals surface area contributed by atoms with Gasteiger partial charge in [0, 0.05) is 24.3 Å². The quantitative estimate of drug-likeness (QED) is 0.653. The minimum Gasteiger partial charge on any atom is -0.462 e. The Labute approximate surface area is 116 Å². The summed E-state index contributed by atoms with van der Waals surface area (Å²) in [5.41, 5.74) is 1.28. The van der Waals surface area contributed by atoms with Crippen LogP contribution in [0.15, 0.2) is 24.3 Å². The normalized spacial score (nSPS) is 14.8. The lowest BCUT2D eigenvalue weighted by molar-refractivity contribution is -0.150. The van der Waals surface area contributed by atoms with Crippen molar-refractivity contribution in [1.29, 1.82) is 0 Å². The van der Waals surface area contributed by atoms with E-state index in [1.54, 1.807) is 29.2 Å². The molecule has 1 fully saturated rings. The molecule has 2 rings (SSSR count). The zero-order valence-electron chi connectivity index (χ0n) is 11.2. The first-order valence-corrected chi connectivity index (χ1v) is 6.41. The van der Waals surface area contributed by atoms with E-state index in [0.717, 1.165) is 25.6 Å². The zero-order chi connectivity index (χ0) is 14.5. The van der Waals surface area contributed by atoms with Crippen molar-refractivity contribution in [3.63, 3.8) is 0 Å². The molecule has 0 aliphatic carbocycles. The maximum absolute atomic E-state index is 11.8. The number of esters is 1. The van der Waals surface area contributed by atoms with Gasteiger partial charge in [-0.25, -0.2) is 4.79 Å². The number of nitrogens with zero attached hydrogens (tertiary/aromatic N) is 1. The molecule has 106 valence electrons. The van der Waals surface area contributed by atoms with E-state index in [0.29, 0.717) is 18.7 Å². The van der Waals surface area contributed by atoms with Gasteiger partial charge in [-0.1, -0.05) is 0 Å². The SMILES string of the molecule is COC(=O)C(=O)Nc1ccc(N2CCCCC2=O)cc1. The molecule has 0 spiro atoms. The molecule has 0 unspecified atom stereocenters. The summed E-state index contributed by atoms with van der Waals surface area (Å²) in [5.74, 6) is -1.66. The predicted molar refractivity (Wildman–Crippen MR) is 73.3 cm³/mol. The molecule has 1 aromatic rings. The monoisotopic (exact) mass is 276 g/mol. The van der Waals surface area contributed by atoms with Gasteiger partial charge in [0.25, 0.3) is 0 Å². The molecule has 1 heterocycles. The molecule has 20 heavy (non-hydrogen) atoms. The molecule has 1 aliphatic rings. The standard InChI is InChI=1S/C14H16N2O4/c1-20-14(19)13(18)15-10-5-7-11(8-6-10)16-9-3-2-4-12(16)17/h5-8H,2-4,9H2,1H3,(H,15,18). The summed E-state index contributed by atoms with van der Waals surface area (Å²) < 4.78 is 4.31. The lowest BCUT2D eigenvalue weighted by Gasteiger charge is -2.26. The number of hydrogen-bond acceptors (Lipinski definition) is 4. The third-order valence-electron chi connectivity index (χ3n) is 3.13. The number of rotatable bonds is 2. The number of amides is 2. The van der Waals surface area contributed by atoms with Gasteiger partial charge in [-0.2, -0.15) is 0 Å². The predicted octanol–water partition coefficient (Wildman–Crippen LogP) is 1.31. The van der Waals surface area contributed by atoms with Crippen LogP contribution < -0.4 is 10.2 Å². The zero-order valence-corrected chi connectivity index (χ0v) is 11.2. The number of carbonyl (C=O) groups excluding carboxylic acids is 3. The highest BCUT2D eigenvalue weighted by Crippen LogP contribution is 2.22. The highest BCUT2D eigenvalue weighted by molar-refractivity contribution is 6.37. The molecule has 6 heteroatoms. The van der Waals surface area contributed by atoms with E-state index in [2.05, 4.69) is 10.1 Å². The van der Waals surface area contributed by atoms with Crippen LogP contribution in [0.2, 0.25) is 0 Å². The first-order chi connectivity index (χ1) is 9.61. The van der Waals surface area contributed by atoms with E-state index in [4.69, 9.17) is 0 Å². The Kier molecular flexibility index (Phi) is 4.34. The maximum Gasteiger partial charge on any atom is 0.396 e. The Balaban J connectivity index is 2.04. The third-order valence-corrected chi connectivity index (χ3v) is 3.13. The molecular weight excluding hydrogens is 260 g/mol. The number of hydrogen-bond donors (Lipinski definition) is 1. The molecule has 0 aromatic heterocycles. The minimum absolute atomic E-state index is 0.114. The van der Waals surface area contributed by atoms with Crippen LogP contribution in [0, 0.1) is 0 Å². The molecule has 1 aliphatic heterocycles. The fraction of sp³-hybridized carbons (Fsp3) is 0.357. The van der Waals surface area contributed by atoms with Crippen LogP contribution >= 0.6 is 0 Å². The summed E-state index contributed by atoms with van der Waals surface area (Å²) in [6.07, 6.45) is 2.50. The van der Waals surface area contributed by atoms with Crippen molar-refractivity contribution < 1.29 is 19.1 Å². The summed E-state index contributed by atoms with van der Waals surface area (Å²) in [7, 11) is 1.15. The fourth-order valence-electron chi connectivity index (χ4n) is 2.08. The minimum atomic E-state index is -0.944. The number of anilines is 2. The molecule has 6 nitrogen and oxygen atoms in total. The lowest BCUT2D eigenvalue weighted by Crippen LogP contribution is -2.35. The Morgan fingerprint density at radius 2 is 1.90 bits per heavy atom. The van der Waals surface area contributed by atoms with E-state index in [9.17, 15) is 14.4 Å². The van der Waals surface area contributed by atoms with Gasteiger partial charge >= 0.3 is 11.9 Å². The molecule has 2 amide bonds. The fourth-order valence-corrected chi connectivity index (χ4v) is 2.08. The topological polar surface area (TPSA) is 75.7 Å². The average molecular weight is 276 g/mol. The summed E-state index contributed by atoms with van der Waals surface area (Å²) in [6, 6.07) is 6.79. The lowest BCUT2D eigenvalue weighted by atomic mass is 10.1. The Morgan fingerprint density at radius 3 is 2.50 bits per heavy atom. The van der Waals surface area contributed by atoms with Gasteiger partial charge in [-0.15, -0.1) is 0 Å². The molecule has 1 aromatic carbocycles. The van der Waals surface area contributed by atoms with Gasteiger partial charge < -0.3 is 15.0 Å². The molecule has 0 radical (unpaired) electrons. The van der Waals surface area contributed by atoms with Crippen LogP contribution in [0.5, 0.6) is 0 Å². The van der Waals surface area contributed by atoms with Crippen molar-refractivity contribution in [2.24, 2.45) is 0 Å². The van der Waals surface area contributed by atoms with Crippen LogP contribution in [0.1, 0.15) is 19.3 Å². The van der Waals surface area contributed by atoms with Crippen LogP contribution in [0.3, 0.4) is 0 Å². The molecule has 0 saturated carbocycles. The van der Waals surface area contributed by atoms with Gasteiger partial charge in [0.1, 0.15) is 0 Å². The van der Waals surface area contributed by atoms with Gasteiger partial charge in [0.05, 0.1) is 7.11 Å². The Hall–Kier alpha value is -2.37. The molecule has 0 atom stereocenters. The number of methoxy groups -OCH3 is 1. The second-order valence-corrected chi connectivity index (χ2v) is 4.50. The average Bonchev–Trinajstić information content (AvgIpc) is 2.48. The first kappa shape index (κ1) is 14.0. The van der Waals surface area contributed by atoms with E-state index in [-0.39, 0.29) is 5.91 Å². The Morgan fingerprint density at radius 1 is 1.20 bits per heavy atom. The van der Waals surface area contributed by atoms with Crippen LogP contribution in [-0.2, 0) is 19.1 Å². The second-order valence-electron chi connectivity index (χ2n) is 4.50. The van der Waals surface area contributed by atoms with Crippen molar-refractivity contribution in [2.45, 2.75) is 19.3 Å². The largest absolute Gasteiger partial charge is 0.462 e. The van der Waals surface area contributed by atoms with Gasteiger partial charge in [0.15, 0.2) is 0 Å². The number of nitrogens with one attached hydrogen (secondary N) is 1. The van der Waals surface area contributed by atoms with Crippen molar-refractivity contribution in [3.05, 3.63) is 24.3 Å². The van der Waals surface area contributed by atoms with E-state index in [1.165, 1.54) is 0 Å². The van der Waals surface area contributed by atoms with Gasteiger partial charge in [-0.05, 0) is 37.1 Å². The summed E-state index contributed by atoms with van der Waals surface area (Å²) >= 11 is 0. The number of benzene rings is 1. The summed E-state index contributed by atoms with van der Waals surface area (Å²) in [5, 5.41) is 2.42. The van der Waals surface area contributed by atoms with Crippen molar-refractivity contribution in [2.75, 3.05) is 23.9 Å². The van der Waals surface area contributed by atoms with Crippen LogP contribution in [0.4, 0.5) is 11.4 Å². The summed E-state index contributed by atoms with van der Waals surface area (Å²) in [6.45, 7) is 0.715. The van der Waals surface area contributed by atoms with Crippen molar-refractivity contribution in [1.82, 2.24) is 0 Å². The van der Waals surface area contributed by atoms with E-state index in [1.807, 2.05) is 0 Å². The van der Waals surface area contributed by atoms with E-state index >= 15 is 0 Å². The van der Waals surface area contributed by atoms with Crippen LogP contribution in [0.25, 0.3) is 0 Å². The molecule has 1 saturated heterocycles. The van der Waals surface area contributed by atoms with Crippen molar-refractivity contribution in [3.8, 4) is 0 Å². The molecule has 0 bridgehead atoms. The highest BCUT2D eigenvalue weighted by atomic mass is 16.5. The Bertz CT molecular complexity index is 524.